The van der Waals surface area contributed by atoms with Crippen molar-refractivity contribution in [3.8, 4) is 17.2 Å². The Morgan fingerprint density at radius 1 is 1.07 bits per heavy atom. The summed E-state index contributed by atoms with van der Waals surface area (Å²) < 4.78 is 51.0. The van der Waals surface area contributed by atoms with Gasteiger partial charge in [0.05, 0.1) is 17.5 Å². The first-order valence-corrected chi connectivity index (χ1v) is 9.66. The normalized spacial score (nSPS) is 11.7. The Labute approximate surface area is 156 Å². The van der Waals surface area contributed by atoms with E-state index in [0.717, 1.165) is 0 Å². The molecule has 1 heterocycles. The summed E-state index contributed by atoms with van der Waals surface area (Å²) >= 11 is 0. The van der Waals surface area contributed by atoms with E-state index in [1.807, 2.05) is 13.8 Å². The number of aromatic nitrogens is 2. The first-order valence-electron chi connectivity index (χ1n) is 8.18. The van der Waals surface area contributed by atoms with Crippen molar-refractivity contribution < 1.29 is 22.0 Å². The molecule has 0 spiro atoms. The van der Waals surface area contributed by atoms with Crippen molar-refractivity contribution in [1.29, 1.82) is 0 Å². The lowest BCUT2D eigenvalue weighted by molar-refractivity contribution is 0.242. The minimum Gasteiger partial charge on any atom is -0.491 e. The number of halogens is 1. The second kappa shape index (κ2) is 7.85. The van der Waals surface area contributed by atoms with Crippen molar-refractivity contribution in [3.05, 3.63) is 60.2 Å². The summed E-state index contributed by atoms with van der Waals surface area (Å²) in [6.07, 6.45) is -0.00147. The van der Waals surface area contributed by atoms with Gasteiger partial charge in [-0.3, -0.25) is 0 Å². The lowest BCUT2D eigenvalue weighted by atomic mass is 10.2. The third-order valence-corrected chi connectivity index (χ3v) is 4.89. The van der Waals surface area contributed by atoms with Crippen LogP contribution in [0.5, 0.6) is 5.75 Å². The largest absolute Gasteiger partial charge is 0.491 e. The van der Waals surface area contributed by atoms with E-state index < -0.39 is 10.0 Å². The second-order valence-electron chi connectivity index (χ2n) is 5.97. The number of hydrogen-bond acceptors (Lipinski definition) is 6. The molecular weight excluding hydrogens is 373 g/mol. The van der Waals surface area contributed by atoms with Crippen LogP contribution in [-0.4, -0.2) is 24.7 Å². The summed E-state index contributed by atoms with van der Waals surface area (Å²) in [5.74, 6) is 0.484. The van der Waals surface area contributed by atoms with E-state index in [-0.39, 0.29) is 35.1 Å². The molecule has 0 saturated carbocycles. The standard InChI is InChI=1S/C18H18FN3O4S/c1-12(2)25-15-7-9-16(10-8-15)27(23,24)20-11-17-21-22-18(26-17)13-3-5-14(19)6-4-13/h3-10,12,20H,11H2,1-2H3. The first kappa shape index (κ1) is 19.0. The predicted octanol–water partition coefficient (Wildman–Crippen LogP) is 3.14. The van der Waals surface area contributed by atoms with Crippen molar-refractivity contribution in [2.45, 2.75) is 31.4 Å². The van der Waals surface area contributed by atoms with E-state index in [0.29, 0.717) is 11.3 Å². The molecule has 0 radical (unpaired) electrons. The minimum absolute atomic E-state index is 0.00147. The molecule has 0 aliphatic carbocycles. The van der Waals surface area contributed by atoms with Crippen LogP contribution in [0, 0.1) is 5.82 Å². The zero-order chi connectivity index (χ0) is 19.4. The molecule has 3 rings (SSSR count). The van der Waals surface area contributed by atoms with E-state index in [9.17, 15) is 12.8 Å². The maximum Gasteiger partial charge on any atom is 0.247 e. The summed E-state index contributed by atoms with van der Waals surface area (Å²) in [6, 6.07) is 11.6. The monoisotopic (exact) mass is 391 g/mol. The highest BCUT2D eigenvalue weighted by atomic mass is 32.2. The van der Waals surface area contributed by atoms with Crippen LogP contribution in [0.15, 0.2) is 57.8 Å². The Hall–Kier alpha value is -2.78. The molecule has 0 bridgehead atoms. The van der Waals surface area contributed by atoms with Crippen LogP contribution < -0.4 is 9.46 Å². The highest BCUT2D eigenvalue weighted by Crippen LogP contribution is 2.19. The molecule has 1 N–H and O–H groups in total. The maximum atomic E-state index is 13.0. The fraction of sp³-hybridized carbons (Fsp3) is 0.222. The summed E-state index contributed by atoms with van der Waals surface area (Å²) in [7, 11) is -3.75. The molecule has 2 aromatic carbocycles. The fourth-order valence-corrected chi connectivity index (χ4v) is 3.22. The Morgan fingerprint density at radius 3 is 2.37 bits per heavy atom. The Kier molecular flexibility index (Phi) is 5.52. The van der Waals surface area contributed by atoms with Gasteiger partial charge in [0, 0.05) is 5.56 Å². The van der Waals surface area contributed by atoms with Gasteiger partial charge in [-0.2, -0.15) is 0 Å². The van der Waals surface area contributed by atoms with Crippen molar-refractivity contribution in [3.63, 3.8) is 0 Å². The highest BCUT2D eigenvalue weighted by molar-refractivity contribution is 7.89. The van der Waals surface area contributed by atoms with Gasteiger partial charge >= 0.3 is 0 Å². The predicted molar refractivity (Wildman–Crippen MR) is 95.9 cm³/mol. The second-order valence-corrected chi connectivity index (χ2v) is 7.74. The molecule has 7 nitrogen and oxygen atoms in total. The van der Waals surface area contributed by atoms with Crippen LogP contribution in [0.1, 0.15) is 19.7 Å². The molecule has 0 aliphatic rings. The van der Waals surface area contributed by atoms with Crippen molar-refractivity contribution >= 4 is 10.0 Å². The Bertz CT molecular complexity index is 1000. The van der Waals surface area contributed by atoms with E-state index in [1.165, 1.54) is 36.4 Å². The summed E-state index contributed by atoms with van der Waals surface area (Å²) in [5.41, 5.74) is 0.541. The molecule has 3 aromatic rings. The average molecular weight is 391 g/mol. The molecule has 0 aliphatic heterocycles. The van der Waals surface area contributed by atoms with Crippen LogP contribution in [-0.2, 0) is 16.6 Å². The van der Waals surface area contributed by atoms with Gasteiger partial charge in [-0.05, 0) is 62.4 Å². The van der Waals surface area contributed by atoms with Gasteiger partial charge in [0.25, 0.3) is 0 Å². The number of ether oxygens (including phenoxy) is 1. The molecule has 0 unspecified atom stereocenters. The lowest BCUT2D eigenvalue weighted by Gasteiger charge is -2.10. The van der Waals surface area contributed by atoms with Crippen molar-refractivity contribution in [2.24, 2.45) is 0 Å². The number of hydrogen-bond donors (Lipinski definition) is 1. The zero-order valence-corrected chi connectivity index (χ0v) is 15.5. The van der Waals surface area contributed by atoms with Gasteiger partial charge in [-0.25, -0.2) is 17.5 Å². The lowest BCUT2D eigenvalue weighted by Crippen LogP contribution is -2.23. The number of nitrogens with one attached hydrogen (secondary N) is 1. The van der Waals surface area contributed by atoms with Crippen molar-refractivity contribution in [2.75, 3.05) is 0 Å². The van der Waals surface area contributed by atoms with Gasteiger partial charge < -0.3 is 9.15 Å². The number of rotatable bonds is 7. The molecule has 9 heteroatoms. The maximum absolute atomic E-state index is 13.0. The summed E-state index contributed by atoms with van der Waals surface area (Å²) in [5, 5.41) is 7.64. The summed E-state index contributed by atoms with van der Waals surface area (Å²) in [6.45, 7) is 3.61. The molecule has 27 heavy (non-hydrogen) atoms. The third kappa shape index (κ3) is 4.89. The van der Waals surface area contributed by atoms with Gasteiger partial charge in [-0.15, -0.1) is 10.2 Å². The first-order chi connectivity index (χ1) is 12.8. The Morgan fingerprint density at radius 2 is 1.74 bits per heavy atom. The van der Waals surface area contributed by atoms with Gasteiger partial charge in [0.1, 0.15) is 11.6 Å². The Balaban J connectivity index is 1.66. The molecule has 0 amide bonds. The van der Waals surface area contributed by atoms with Gasteiger partial charge in [0.2, 0.25) is 21.8 Å². The average Bonchev–Trinajstić information content (AvgIpc) is 3.10. The van der Waals surface area contributed by atoms with Crippen LogP contribution in [0.2, 0.25) is 0 Å². The molecular formula is C18H18FN3O4S. The number of nitrogens with zero attached hydrogens (tertiary/aromatic N) is 2. The van der Waals surface area contributed by atoms with E-state index >= 15 is 0 Å². The van der Waals surface area contributed by atoms with Crippen molar-refractivity contribution in [1.82, 2.24) is 14.9 Å². The molecule has 1 aromatic heterocycles. The highest BCUT2D eigenvalue weighted by Gasteiger charge is 2.16. The van der Waals surface area contributed by atoms with Crippen LogP contribution in [0.25, 0.3) is 11.5 Å². The van der Waals surface area contributed by atoms with E-state index in [4.69, 9.17) is 9.15 Å². The smallest absolute Gasteiger partial charge is 0.247 e. The quantitative estimate of drug-likeness (QED) is 0.665. The molecule has 0 atom stereocenters. The molecule has 142 valence electrons. The fourth-order valence-electron chi connectivity index (χ4n) is 2.24. The number of sulfonamides is 1. The topological polar surface area (TPSA) is 94.3 Å². The molecule has 0 saturated heterocycles. The van der Waals surface area contributed by atoms with Crippen LogP contribution >= 0.6 is 0 Å². The zero-order valence-electron chi connectivity index (χ0n) is 14.7. The van der Waals surface area contributed by atoms with Gasteiger partial charge in [-0.1, -0.05) is 0 Å². The molecule has 0 fully saturated rings. The number of benzene rings is 2. The summed E-state index contributed by atoms with van der Waals surface area (Å²) in [4.78, 5) is 0.0943. The van der Waals surface area contributed by atoms with Crippen LogP contribution in [0.4, 0.5) is 4.39 Å². The minimum atomic E-state index is -3.75. The third-order valence-electron chi connectivity index (χ3n) is 3.48. The van der Waals surface area contributed by atoms with Gasteiger partial charge in [0.15, 0.2) is 0 Å². The van der Waals surface area contributed by atoms with Crippen LogP contribution in [0.3, 0.4) is 0 Å². The van der Waals surface area contributed by atoms with E-state index in [2.05, 4.69) is 14.9 Å². The van der Waals surface area contributed by atoms with E-state index in [1.54, 1.807) is 12.1 Å². The SMILES string of the molecule is CC(C)Oc1ccc(S(=O)(=O)NCc2nnc(-c3ccc(F)cc3)o2)cc1.